The van der Waals surface area contributed by atoms with Crippen molar-refractivity contribution < 1.29 is 0 Å². The molecule has 56 valence electrons. The Hall–Kier alpha value is -0.520. The molecule has 0 saturated carbocycles. The van der Waals surface area contributed by atoms with E-state index in [9.17, 15) is 0 Å². The van der Waals surface area contributed by atoms with Gasteiger partial charge in [-0.1, -0.05) is 44.6 Å². The maximum absolute atomic E-state index is 2.33. The normalized spacial score (nSPS) is 30.0. The van der Waals surface area contributed by atoms with Crippen LogP contribution in [0.3, 0.4) is 0 Å². The zero-order valence-electron chi connectivity index (χ0n) is 7.31. The van der Waals surface area contributed by atoms with Gasteiger partial charge in [-0.2, -0.15) is 0 Å². The van der Waals surface area contributed by atoms with Crippen LogP contribution in [0.4, 0.5) is 0 Å². The van der Waals surface area contributed by atoms with Crippen molar-refractivity contribution in [3.63, 3.8) is 0 Å². The number of allylic oxidation sites excluding steroid dienone is 4. The van der Waals surface area contributed by atoms with Crippen molar-refractivity contribution in [2.75, 3.05) is 0 Å². The van der Waals surface area contributed by atoms with Gasteiger partial charge in [-0.3, -0.25) is 0 Å². The van der Waals surface area contributed by atoms with E-state index in [1.54, 1.807) is 0 Å². The SMILES string of the molecule is CC1=CC(C)C=CC1(C)C. The molecular formula is C10H16. The molecule has 0 fully saturated rings. The van der Waals surface area contributed by atoms with Gasteiger partial charge in [0.15, 0.2) is 0 Å². The molecule has 0 aromatic heterocycles. The lowest BCUT2D eigenvalue weighted by molar-refractivity contribution is 0.555. The molecule has 0 aromatic rings. The predicted octanol–water partition coefficient (Wildman–Crippen LogP) is 3.16. The van der Waals surface area contributed by atoms with Crippen LogP contribution in [0.15, 0.2) is 23.8 Å². The van der Waals surface area contributed by atoms with Gasteiger partial charge < -0.3 is 0 Å². The molecule has 1 rings (SSSR count). The third-order valence-corrected chi connectivity index (χ3v) is 2.35. The lowest BCUT2D eigenvalue weighted by Crippen LogP contribution is -2.13. The molecule has 0 aromatic carbocycles. The van der Waals surface area contributed by atoms with Crippen molar-refractivity contribution in [1.82, 2.24) is 0 Å². The predicted molar refractivity (Wildman–Crippen MR) is 45.8 cm³/mol. The van der Waals surface area contributed by atoms with Crippen LogP contribution in [0.2, 0.25) is 0 Å². The van der Waals surface area contributed by atoms with E-state index < -0.39 is 0 Å². The zero-order valence-corrected chi connectivity index (χ0v) is 7.31. The van der Waals surface area contributed by atoms with Crippen molar-refractivity contribution in [1.29, 1.82) is 0 Å². The van der Waals surface area contributed by atoms with Crippen molar-refractivity contribution in [2.45, 2.75) is 27.7 Å². The zero-order chi connectivity index (χ0) is 7.78. The summed E-state index contributed by atoms with van der Waals surface area (Å²) in [5.74, 6) is 0.632. The topological polar surface area (TPSA) is 0 Å². The van der Waals surface area contributed by atoms with Gasteiger partial charge in [0.25, 0.3) is 0 Å². The lowest BCUT2D eigenvalue weighted by atomic mass is 9.79. The average Bonchev–Trinajstić information content (AvgIpc) is 1.81. The van der Waals surface area contributed by atoms with Crippen LogP contribution in [0.25, 0.3) is 0 Å². The minimum absolute atomic E-state index is 0.298. The molecule has 0 saturated heterocycles. The van der Waals surface area contributed by atoms with E-state index in [-0.39, 0.29) is 0 Å². The van der Waals surface area contributed by atoms with Gasteiger partial charge in [-0.15, -0.1) is 0 Å². The molecule has 0 amide bonds. The molecule has 0 aliphatic heterocycles. The second-order valence-electron chi connectivity index (χ2n) is 3.79. The van der Waals surface area contributed by atoms with Gasteiger partial charge in [-0.05, 0) is 12.8 Å². The van der Waals surface area contributed by atoms with E-state index in [0.29, 0.717) is 11.3 Å². The Balaban J connectivity index is 2.87. The highest BCUT2D eigenvalue weighted by atomic mass is 14.2. The highest BCUT2D eigenvalue weighted by molar-refractivity contribution is 5.24. The molecule has 0 heteroatoms. The molecule has 1 atom stereocenters. The van der Waals surface area contributed by atoms with Crippen molar-refractivity contribution in [3.8, 4) is 0 Å². The van der Waals surface area contributed by atoms with E-state index in [1.165, 1.54) is 5.57 Å². The number of hydrogen-bond donors (Lipinski definition) is 0. The summed E-state index contributed by atoms with van der Waals surface area (Å²) in [7, 11) is 0. The van der Waals surface area contributed by atoms with Crippen molar-refractivity contribution in [2.24, 2.45) is 11.3 Å². The summed E-state index contributed by atoms with van der Waals surface area (Å²) in [6.07, 6.45) is 6.90. The Morgan fingerprint density at radius 2 is 2.00 bits per heavy atom. The van der Waals surface area contributed by atoms with E-state index >= 15 is 0 Å². The summed E-state index contributed by atoms with van der Waals surface area (Å²) in [6, 6.07) is 0. The quantitative estimate of drug-likeness (QED) is 0.449. The Labute approximate surface area is 63.6 Å². The summed E-state index contributed by atoms with van der Waals surface area (Å²) < 4.78 is 0. The Kier molecular flexibility index (Phi) is 1.72. The molecule has 0 heterocycles. The fourth-order valence-corrected chi connectivity index (χ4v) is 1.19. The Morgan fingerprint density at radius 1 is 1.40 bits per heavy atom. The summed E-state index contributed by atoms with van der Waals surface area (Å²) in [5, 5.41) is 0. The van der Waals surface area contributed by atoms with Crippen LogP contribution in [0.1, 0.15) is 27.7 Å². The molecule has 1 aliphatic rings. The molecule has 0 bridgehead atoms. The highest BCUT2D eigenvalue weighted by Crippen LogP contribution is 2.32. The maximum Gasteiger partial charge on any atom is 0.00318 e. The monoisotopic (exact) mass is 136 g/mol. The van der Waals surface area contributed by atoms with E-state index in [1.807, 2.05) is 0 Å². The Bertz CT molecular complexity index is 182. The minimum atomic E-state index is 0.298. The number of rotatable bonds is 0. The van der Waals surface area contributed by atoms with Crippen LogP contribution in [-0.2, 0) is 0 Å². The van der Waals surface area contributed by atoms with Crippen LogP contribution in [0.5, 0.6) is 0 Å². The van der Waals surface area contributed by atoms with Crippen LogP contribution in [0, 0.1) is 11.3 Å². The third-order valence-electron chi connectivity index (χ3n) is 2.35. The van der Waals surface area contributed by atoms with Gasteiger partial charge in [0.1, 0.15) is 0 Å². The smallest absolute Gasteiger partial charge is 0.00318 e. The second kappa shape index (κ2) is 2.26. The van der Waals surface area contributed by atoms with Crippen LogP contribution < -0.4 is 0 Å². The largest absolute Gasteiger partial charge is 0.0810 e. The summed E-state index contributed by atoms with van der Waals surface area (Å²) in [5.41, 5.74) is 1.79. The first-order valence-electron chi connectivity index (χ1n) is 3.90. The summed E-state index contributed by atoms with van der Waals surface area (Å²) >= 11 is 0. The maximum atomic E-state index is 2.33. The molecule has 1 unspecified atom stereocenters. The van der Waals surface area contributed by atoms with Gasteiger partial charge in [0.05, 0.1) is 0 Å². The minimum Gasteiger partial charge on any atom is -0.0810 e. The molecule has 1 aliphatic carbocycles. The Morgan fingerprint density at radius 3 is 2.40 bits per heavy atom. The highest BCUT2D eigenvalue weighted by Gasteiger charge is 2.19. The van der Waals surface area contributed by atoms with Gasteiger partial charge in [0.2, 0.25) is 0 Å². The first kappa shape index (κ1) is 7.59. The summed E-state index contributed by atoms with van der Waals surface area (Å²) in [4.78, 5) is 0. The first-order chi connectivity index (χ1) is 4.52. The molecule has 0 nitrogen and oxygen atoms in total. The standard InChI is InChI=1S/C10H16/c1-8-5-6-10(3,4)9(2)7-8/h5-8H,1-4H3. The average molecular weight is 136 g/mol. The first-order valence-corrected chi connectivity index (χ1v) is 3.90. The number of hydrogen-bond acceptors (Lipinski definition) is 0. The molecular weight excluding hydrogens is 120 g/mol. The van der Waals surface area contributed by atoms with Crippen LogP contribution >= 0.6 is 0 Å². The lowest BCUT2D eigenvalue weighted by Gasteiger charge is -2.26. The van der Waals surface area contributed by atoms with Crippen molar-refractivity contribution >= 4 is 0 Å². The van der Waals surface area contributed by atoms with Crippen LogP contribution in [-0.4, -0.2) is 0 Å². The van der Waals surface area contributed by atoms with Crippen molar-refractivity contribution in [3.05, 3.63) is 23.8 Å². The molecule has 0 N–H and O–H groups in total. The molecule has 0 spiro atoms. The second-order valence-corrected chi connectivity index (χ2v) is 3.79. The van der Waals surface area contributed by atoms with E-state index in [2.05, 4.69) is 45.9 Å². The van der Waals surface area contributed by atoms with Gasteiger partial charge >= 0.3 is 0 Å². The molecule has 10 heavy (non-hydrogen) atoms. The third kappa shape index (κ3) is 1.31. The van der Waals surface area contributed by atoms with E-state index in [0.717, 1.165) is 0 Å². The van der Waals surface area contributed by atoms with E-state index in [4.69, 9.17) is 0 Å². The van der Waals surface area contributed by atoms with Gasteiger partial charge in [0, 0.05) is 5.41 Å². The molecule has 0 radical (unpaired) electrons. The fourth-order valence-electron chi connectivity index (χ4n) is 1.19. The van der Waals surface area contributed by atoms with Gasteiger partial charge in [-0.25, -0.2) is 0 Å². The summed E-state index contributed by atoms with van der Waals surface area (Å²) in [6.45, 7) is 8.93. The fraction of sp³-hybridized carbons (Fsp3) is 0.600.